The van der Waals surface area contributed by atoms with Crippen molar-refractivity contribution in [1.82, 2.24) is 4.31 Å². The van der Waals surface area contributed by atoms with Crippen molar-refractivity contribution in [1.29, 1.82) is 0 Å². The number of hydrogen-bond acceptors (Lipinski definition) is 3. The molecule has 2 rings (SSSR count). The molecule has 1 saturated carbocycles. The summed E-state index contributed by atoms with van der Waals surface area (Å²) >= 11 is 2.14. The predicted molar refractivity (Wildman–Crippen MR) is 77.7 cm³/mol. The SMILES string of the molecule is CN(CC1CC(O)C1)S(=O)(=O)c1ccc(I)cc1. The molecular formula is C12H16INO3S. The molecule has 1 aliphatic rings. The second kappa shape index (κ2) is 5.44. The van der Waals surface area contributed by atoms with Crippen LogP contribution in [0.25, 0.3) is 0 Å². The van der Waals surface area contributed by atoms with Crippen molar-refractivity contribution in [3.8, 4) is 0 Å². The van der Waals surface area contributed by atoms with Crippen LogP contribution < -0.4 is 0 Å². The van der Waals surface area contributed by atoms with Gasteiger partial charge in [-0.25, -0.2) is 12.7 Å². The van der Waals surface area contributed by atoms with Gasteiger partial charge in [0.2, 0.25) is 10.0 Å². The van der Waals surface area contributed by atoms with Crippen LogP contribution in [-0.2, 0) is 10.0 Å². The molecule has 0 aromatic heterocycles. The first-order chi connectivity index (χ1) is 8.39. The average molecular weight is 381 g/mol. The number of aliphatic hydroxyl groups is 1. The van der Waals surface area contributed by atoms with Crippen LogP contribution in [0.1, 0.15) is 12.8 Å². The molecule has 1 fully saturated rings. The number of benzene rings is 1. The summed E-state index contributed by atoms with van der Waals surface area (Å²) in [6, 6.07) is 6.83. The zero-order chi connectivity index (χ0) is 13.3. The molecule has 0 unspecified atom stereocenters. The molecule has 100 valence electrons. The third-order valence-electron chi connectivity index (χ3n) is 3.25. The van der Waals surface area contributed by atoms with Gasteiger partial charge < -0.3 is 5.11 Å². The average Bonchev–Trinajstić information content (AvgIpc) is 2.27. The lowest BCUT2D eigenvalue weighted by Gasteiger charge is -2.34. The predicted octanol–water partition coefficient (Wildman–Crippen LogP) is 1.68. The van der Waals surface area contributed by atoms with Gasteiger partial charge in [0.15, 0.2) is 0 Å². The molecule has 0 aliphatic heterocycles. The molecule has 4 nitrogen and oxygen atoms in total. The summed E-state index contributed by atoms with van der Waals surface area (Å²) in [6.07, 6.45) is 1.16. The minimum absolute atomic E-state index is 0.246. The van der Waals surface area contributed by atoms with E-state index in [1.807, 2.05) is 0 Å². The van der Waals surface area contributed by atoms with Gasteiger partial charge in [-0.2, -0.15) is 0 Å². The van der Waals surface area contributed by atoms with Crippen LogP contribution in [0.2, 0.25) is 0 Å². The van der Waals surface area contributed by atoms with Gasteiger partial charge in [0.05, 0.1) is 11.0 Å². The first-order valence-electron chi connectivity index (χ1n) is 5.79. The smallest absolute Gasteiger partial charge is 0.242 e. The van der Waals surface area contributed by atoms with E-state index in [0.717, 1.165) is 3.57 Å². The van der Waals surface area contributed by atoms with Gasteiger partial charge in [-0.15, -0.1) is 0 Å². The Balaban J connectivity index is 2.08. The molecule has 1 N–H and O–H groups in total. The van der Waals surface area contributed by atoms with Crippen LogP contribution in [0.15, 0.2) is 29.2 Å². The number of sulfonamides is 1. The van der Waals surface area contributed by atoms with Gasteiger partial charge in [-0.3, -0.25) is 0 Å². The number of aliphatic hydroxyl groups excluding tert-OH is 1. The van der Waals surface area contributed by atoms with Crippen molar-refractivity contribution in [2.24, 2.45) is 5.92 Å². The van der Waals surface area contributed by atoms with Crippen LogP contribution in [0.3, 0.4) is 0 Å². The largest absolute Gasteiger partial charge is 0.393 e. The first-order valence-corrected chi connectivity index (χ1v) is 8.31. The van der Waals surface area contributed by atoms with Gasteiger partial charge in [0, 0.05) is 17.2 Å². The standard InChI is InChI=1S/C12H16INO3S/c1-14(8-9-6-11(15)7-9)18(16,17)12-4-2-10(13)3-5-12/h2-5,9,11,15H,6-8H2,1H3. The molecule has 1 aromatic rings. The molecule has 1 aromatic carbocycles. The topological polar surface area (TPSA) is 57.6 Å². The molecular weight excluding hydrogens is 365 g/mol. The van der Waals surface area contributed by atoms with E-state index in [1.165, 1.54) is 4.31 Å². The maximum atomic E-state index is 12.3. The number of rotatable bonds is 4. The minimum atomic E-state index is -3.40. The monoisotopic (exact) mass is 381 g/mol. The van der Waals surface area contributed by atoms with Gasteiger partial charge >= 0.3 is 0 Å². The Morgan fingerprint density at radius 2 is 1.89 bits per heavy atom. The molecule has 0 amide bonds. The van der Waals surface area contributed by atoms with E-state index in [9.17, 15) is 13.5 Å². The van der Waals surface area contributed by atoms with Crippen molar-refractivity contribution >= 4 is 32.6 Å². The Morgan fingerprint density at radius 3 is 2.39 bits per heavy atom. The van der Waals surface area contributed by atoms with Gasteiger partial charge in [-0.05, 0) is 65.6 Å². The minimum Gasteiger partial charge on any atom is -0.393 e. The van der Waals surface area contributed by atoms with E-state index in [-0.39, 0.29) is 12.0 Å². The summed E-state index contributed by atoms with van der Waals surface area (Å²) in [7, 11) is -1.80. The summed E-state index contributed by atoms with van der Waals surface area (Å²) < 4.78 is 26.9. The summed E-state index contributed by atoms with van der Waals surface area (Å²) in [6.45, 7) is 0.478. The van der Waals surface area contributed by atoms with Crippen molar-refractivity contribution in [2.45, 2.75) is 23.8 Å². The quantitative estimate of drug-likeness (QED) is 0.808. The maximum Gasteiger partial charge on any atom is 0.242 e. The Hall–Kier alpha value is -0.180. The highest BCUT2D eigenvalue weighted by atomic mass is 127. The highest BCUT2D eigenvalue weighted by Gasteiger charge is 2.31. The first kappa shape index (κ1) is 14.2. The molecule has 0 radical (unpaired) electrons. The van der Waals surface area contributed by atoms with Crippen molar-refractivity contribution in [3.63, 3.8) is 0 Å². The fraction of sp³-hybridized carbons (Fsp3) is 0.500. The van der Waals surface area contributed by atoms with E-state index in [2.05, 4.69) is 22.6 Å². The Bertz CT molecular complexity index is 509. The van der Waals surface area contributed by atoms with Crippen LogP contribution in [-0.4, -0.2) is 37.5 Å². The molecule has 0 spiro atoms. The molecule has 0 heterocycles. The lowest BCUT2D eigenvalue weighted by molar-refractivity contribution is 0.0367. The molecule has 6 heteroatoms. The van der Waals surface area contributed by atoms with Crippen molar-refractivity contribution < 1.29 is 13.5 Å². The normalized spacial score (nSPS) is 24.0. The fourth-order valence-electron chi connectivity index (χ4n) is 2.10. The molecule has 0 atom stereocenters. The summed E-state index contributed by atoms with van der Waals surface area (Å²) in [5.41, 5.74) is 0. The Morgan fingerprint density at radius 1 is 1.33 bits per heavy atom. The van der Waals surface area contributed by atoms with E-state index in [0.29, 0.717) is 24.3 Å². The second-order valence-electron chi connectivity index (χ2n) is 4.73. The van der Waals surface area contributed by atoms with E-state index >= 15 is 0 Å². The summed E-state index contributed by atoms with van der Waals surface area (Å²) in [5, 5.41) is 9.21. The van der Waals surface area contributed by atoms with E-state index in [1.54, 1.807) is 31.3 Å². The Kier molecular flexibility index (Phi) is 4.30. The zero-order valence-electron chi connectivity index (χ0n) is 10.1. The third-order valence-corrected chi connectivity index (χ3v) is 5.80. The molecule has 0 bridgehead atoms. The van der Waals surface area contributed by atoms with Gasteiger partial charge in [-0.1, -0.05) is 0 Å². The van der Waals surface area contributed by atoms with Crippen LogP contribution in [0.4, 0.5) is 0 Å². The number of nitrogens with zero attached hydrogens (tertiary/aromatic N) is 1. The second-order valence-corrected chi connectivity index (χ2v) is 8.02. The van der Waals surface area contributed by atoms with E-state index in [4.69, 9.17) is 0 Å². The van der Waals surface area contributed by atoms with Crippen molar-refractivity contribution in [3.05, 3.63) is 27.8 Å². The number of halogens is 1. The molecule has 0 saturated heterocycles. The lowest BCUT2D eigenvalue weighted by atomic mass is 9.82. The third kappa shape index (κ3) is 3.04. The summed E-state index contributed by atoms with van der Waals surface area (Å²) in [4.78, 5) is 0.324. The van der Waals surface area contributed by atoms with Crippen LogP contribution in [0, 0.1) is 9.49 Å². The maximum absolute atomic E-state index is 12.3. The summed E-state index contributed by atoms with van der Waals surface area (Å²) in [5.74, 6) is 0.281. The molecule has 1 aliphatic carbocycles. The zero-order valence-corrected chi connectivity index (χ0v) is 13.1. The van der Waals surface area contributed by atoms with Gasteiger partial charge in [0.25, 0.3) is 0 Å². The van der Waals surface area contributed by atoms with Crippen molar-refractivity contribution in [2.75, 3.05) is 13.6 Å². The highest BCUT2D eigenvalue weighted by molar-refractivity contribution is 14.1. The number of hydrogen-bond donors (Lipinski definition) is 1. The highest BCUT2D eigenvalue weighted by Crippen LogP contribution is 2.29. The van der Waals surface area contributed by atoms with Crippen LogP contribution in [0.5, 0.6) is 0 Å². The Labute approximate surface area is 121 Å². The molecule has 18 heavy (non-hydrogen) atoms. The van der Waals surface area contributed by atoms with Gasteiger partial charge in [0.1, 0.15) is 0 Å². The lowest BCUT2D eigenvalue weighted by Crippen LogP contribution is -2.39. The van der Waals surface area contributed by atoms with E-state index < -0.39 is 10.0 Å². The van der Waals surface area contributed by atoms with Crippen LogP contribution >= 0.6 is 22.6 Å². The fourth-order valence-corrected chi connectivity index (χ4v) is 3.70.